The molecule has 0 amide bonds. The minimum atomic E-state index is 0.164. The van der Waals surface area contributed by atoms with Crippen LogP contribution in [0.15, 0.2) is 42.5 Å². The maximum absolute atomic E-state index is 9.89. The molecule has 0 aliphatic heterocycles. The van der Waals surface area contributed by atoms with Gasteiger partial charge in [-0.2, -0.15) is 0 Å². The number of aliphatic hydroxyl groups excluding tert-OH is 1. The lowest BCUT2D eigenvalue weighted by Crippen LogP contribution is -2.26. The molecule has 0 bridgehead atoms. The van der Waals surface area contributed by atoms with Crippen LogP contribution in [0.4, 0.5) is 0 Å². The summed E-state index contributed by atoms with van der Waals surface area (Å²) < 4.78 is 0. The molecule has 4 rings (SSSR count). The number of aliphatic hydroxyl groups is 1. The molecule has 0 saturated heterocycles. The van der Waals surface area contributed by atoms with Crippen LogP contribution < -0.4 is 0 Å². The lowest BCUT2D eigenvalue weighted by Gasteiger charge is -2.29. The van der Waals surface area contributed by atoms with Crippen LogP contribution in [0.2, 0.25) is 0 Å². The van der Waals surface area contributed by atoms with Crippen molar-refractivity contribution >= 4 is 10.8 Å². The maximum Gasteiger partial charge on any atom is 0.0490 e. The van der Waals surface area contributed by atoms with Crippen LogP contribution in [-0.4, -0.2) is 11.7 Å². The van der Waals surface area contributed by atoms with Crippen molar-refractivity contribution in [2.75, 3.05) is 6.61 Å². The van der Waals surface area contributed by atoms with Gasteiger partial charge in [0.05, 0.1) is 0 Å². The van der Waals surface area contributed by atoms with E-state index in [9.17, 15) is 5.11 Å². The molecule has 2 unspecified atom stereocenters. The first kappa shape index (κ1) is 11.5. The third kappa shape index (κ3) is 1.88. The summed E-state index contributed by atoms with van der Waals surface area (Å²) in [5.74, 6) is 1.84. The van der Waals surface area contributed by atoms with Crippen LogP contribution in [0.3, 0.4) is 0 Å². The topological polar surface area (TPSA) is 20.2 Å². The Bertz CT molecular complexity index is 601. The van der Waals surface area contributed by atoms with Crippen molar-refractivity contribution in [3.05, 3.63) is 48.0 Å². The number of rotatable bonds is 3. The molecule has 2 fully saturated rings. The van der Waals surface area contributed by atoms with E-state index in [1.807, 2.05) is 0 Å². The standard InChI is InChI=1S/C18H20O/c19-12-18(10-15-8-16(15)11-18)9-14-6-3-5-13-4-1-2-7-17(13)14/h1-7,15-16,19H,8-12H2. The Kier molecular flexibility index (Phi) is 2.46. The van der Waals surface area contributed by atoms with Crippen molar-refractivity contribution in [1.82, 2.24) is 0 Å². The van der Waals surface area contributed by atoms with Gasteiger partial charge >= 0.3 is 0 Å². The first-order chi connectivity index (χ1) is 9.30. The van der Waals surface area contributed by atoms with Crippen molar-refractivity contribution < 1.29 is 5.11 Å². The second-order valence-electron chi connectivity index (χ2n) is 6.64. The van der Waals surface area contributed by atoms with E-state index in [-0.39, 0.29) is 5.41 Å². The average molecular weight is 252 g/mol. The van der Waals surface area contributed by atoms with E-state index in [4.69, 9.17) is 0 Å². The molecule has 98 valence electrons. The van der Waals surface area contributed by atoms with Gasteiger partial charge in [0.2, 0.25) is 0 Å². The molecule has 0 spiro atoms. The minimum absolute atomic E-state index is 0.164. The Labute approximate surface area is 114 Å². The molecule has 0 heterocycles. The number of hydrogen-bond donors (Lipinski definition) is 1. The summed E-state index contributed by atoms with van der Waals surface area (Å²) >= 11 is 0. The van der Waals surface area contributed by atoms with E-state index in [1.54, 1.807) is 0 Å². The second-order valence-corrected chi connectivity index (χ2v) is 6.64. The molecule has 2 aromatic carbocycles. The highest BCUT2D eigenvalue weighted by molar-refractivity contribution is 5.85. The third-order valence-electron chi connectivity index (χ3n) is 5.24. The molecule has 2 aliphatic carbocycles. The Balaban J connectivity index is 1.71. The molecule has 19 heavy (non-hydrogen) atoms. The van der Waals surface area contributed by atoms with E-state index in [0.29, 0.717) is 6.61 Å². The maximum atomic E-state index is 9.89. The van der Waals surface area contributed by atoms with Gasteiger partial charge < -0.3 is 5.11 Å². The van der Waals surface area contributed by atoms with Gasteiger partial charge in [-0.25, -0.2) is 0 Å². The lowest BCUT2D eigenvalue weighted by molar-refractivity contribution is 0.117. The first-order valence-electron chi connectivity index (χ1n) is 7.37. The van der Waals surface area contributed by atoms with E-state index in [2.05, 4.69) is 42.5 Å². The van der Waals surface area contributed by atoms with Crippen molar-refractivity contribution in [3.63, 3.8) is 0 Å². The smallest absolute Gasteiger partial charge is 0.0490 e. The largest absolute Gasteiger partial charge is 0.396 e. The van der Waals surface area contributed by atoms with Crippen LogP contribution in [-0.2, 0) is 6.42 Å². The first-order valence-corrected chi connectivity index (χ1v) is 7.37. The SMILES string of the molecule is OCC1(Cc2cccc3ccccc23)CC2CC2C1. The summed E-state index contributed by atoms with van der Waals surface area (Å²) in [6.45, 7) is 0.350. The van der Waals surface area contributed by atoms with Gasteiger partial charge in [-0.05, 0) is 59.3 Å². The van der Waals surface area contributed by atoms with Gasteiger partial charge in [0.1, 0.15) is 0 Å². The number of hydrogen-bond acceptors (Lipinski definition) is 1. The minimum Gasteiger partial charge on any atom is -0.396 e. The van der Waals surface area contributed by atoms with Crippen LogP contribution in [0.1, 0.15) is 24.8 Å². The van der Waals surface area contributed by atoms with E-state index in [0.717, 1.165) is 18.3 Å². The van der Waals surface area contributed by atoms with Crippen molar-refractivity contribution in [1.29, 1.82) is 0 Å². The molecule has 1 N–H and O–H groups in total. The molecular weight excluding hydrogens is 232 g/mol. The monoisotopic (exact) mass is 252 g/mol. The summed E-state index contributed by atoms with van der Waals surface area (Å²) in [5.41, 5.74) is 1.57. The number of benzene rings is 2. The van der Waals surface area contributed by atoms with Gasteiger partial charge in [0.15, 0.2) is 0 Å². The zero-order valence-electron chi connectivity index (χ0n) is 11.2. The van der Waals surface area contributed by atoms with E-state index >= 15 is 0 Å². The van der Waals surface area contributed by atoms with E-state index < -0.39 is 0 Å². The zero-order chi connectivity index (χ0) is 12.9. The molecule has 1 nitrogen and oxygen atoms in total. The summed E-state index contributed by atoms with van der Waals surface area (Å²) in [5, 5.41) is 12.6. The highest BCUT2D eigenvalue weighted by atomic mass is 16.3. The van der Waals surface area contributed by atoms with Crippen LogP contribution >= 0.6 is 0 Å². The Morgan fingerprint density at radius 1 is 1.00 bits per heavy atom. The Hall–Kier alpha value is -1.34. The summed E-state index contributed by atoms with van der Waals surface area (Å²) in [6, 6.07) is 15.2. The van der Waals surface area contributed by atoms with E-state index in [1.165, 1.54) is 35.6 Å². The fourth-order valence-corrected chi connectivity index (χ4v) is 4.19. The molecule has 1 heteroatoms. The van der Waals surface area contributed by atoms with Gasteiger partial charge in [-0.15, -0.1) is 0 Å². The van der Waals surface area contributed by atoms with Crippen molar-refractivity contribution in [3.8, 4) is 0 Å². The predicted octanol–water partition coefficient (Wildman–Crippen LogP) is 3.79. The van der Waals surface area contributed by atoms with Gasteiger partial charge in [-0.1, -0.05) is 42.5 Å². The Morgan fingerprint density at radius 2 is 1.74 bits per heavy atom. The molecule has 0 aromatic heterocycles. The summed E-state index contributed by atoms with van der Waals surface area (Å²) in [6.07, 6.45) is 4.92. The van der Waals surface area contributed by atoms with Crippen LogP contribution in [0.5, 0.6) is 0 Å². The third-order valence-corrected chi connectivity index (χ3v) is 5.24. The number of fused-ring (bicyclic) bond motifs is 2. The average Bonchev–Trinajstić information content (AvgIpc) is 3.07. The van der Waals surface area contributed by atoms with Crippen molar-refractivity contribution in [2.45, 2.75) is 25.7 Å². The lowest BCUT2D eigenvalue weighted by atomic mass is 9.77. The molecule has 2 aliphatic rings. The van der Waals surface area contributed by atoms with Gasteiger partial charge in [-0.3, -0.25) is 0 Å². The summed E-state index contributed by atoms with van der Waals surface area (Å²) in [4.78, 5) is 0. The van der Waals surface area contributed by atoms with Crippen molar-refractivity contribution in [2.24, 2.45) is 17.3 Å². The molecule has 0 radical (unpaired) electrons. The molecule has 2 atom stereocenters. The molecule has 2 saturated carbocycles. The fourth-order valence-electron chi connectivity index (χ4n) is 4.19. The van der Waals surface area contributed by atoms with Crippen LogP contribution in [0, 0.1) is 17.3 Å². The zero-order valence-corrected chi connectivity index (χ0v) is 11.2. The molecule has 2 aromatic rings. The van der Waals surface area contributed by atoms with Gasteiger partial charge in [0, 0.05) is 6.61 Å². The Morgan fingerprint density at radius 3 is 2.53 bits per heavy atom. The molecular formula is C18H20O. The quantitative estimate of drug-likeness (QED) is 0.881. The highest BCUT2D eigenvalue weighted by Gasteiger charge is 2.53. The fraction of sp³-hybridized carbons (Fsp3) is 0.444. The van der Waals surface area contributed by atoms with Crippen LogP contribution in [0.25, 0.3) is 10.8 Å². The summed E-state index contributed by atoms with van der Waals surface area (Å²) in [7, 11) is 0. The highest BCUT2D eigenvalue weighted by Crippen LogP contribution is 2.60. The second kappa shape index (κ2) is 4.08. The normalized spacial score (nSPS) is 32.5. The predicted molar refractivity (Wildman–Crippen MR) is 78.0 cm³/mol. The van der Waals surface area contributed by atoms with Gasteiger partial charge in [0.25, 0.3) is 0 Å².